The molecule has 0 atom stereocenters. The highest BCUT2D eigenvalue weighted by molar-refractivity contribution is 7.14. The zero-order valence-corrected chi connectivity index (χ0v) is 12.1. The van der Waals surface area contributed by atoms with Gasteiger partial charge in [0.05, 0.1) is 9.90 Å². The SMILES string of the molecule is Clc1csc(-c2nc(Cl)c3c(n2)CCCCC3)c1. The minimum atomic E-state index is 0.612. The first-order valence-electron chi connectivity index (χ1n) is 6.04. The number of hydrogen-bond donors (Lipinski definition) is 0. The number of hydrogen-bond acceptors (Lipinski definition) is 3. The summed E-state index contributed by atoms with van der Waals surface area (Å²) in [5.41, 5.74) is 2.26. The summed E-state index contributed by atoms with van der Waals surface area (Å²) in [4.78, 5) is 10.1. The van der Waals surface area contributed by atoms with Gasteiger partial charge < -0.3 is 0 Å². The topological polar surface area (TPSA) is 25.8 Å². The Morgan fingerprint density at radius 1 is 1.06 bits per heavy atom. The summed E-state index contributed by atoms with van der Waals surface area (Å²) in [7, 11) is 0. The van der Waals surface area contributed by atoms with Gasteiger partial charge in [-0.2, -0.15) is 0 Å². The van der Waals surface area contributed by atoms with Gasteiger partial charge in [0.25, 0.3) is 0 Å². The quantitative estimate of drug-likeness (QED) is 0.559. The van der Waals surface area contributed by atoms with E-state index in [-0.39, 0.29) is 0 Å². The third kappa shape index (κ3) is 2.40. The van der Waals surface area contributed by atoms with Crippen LogP contribution < -0.4 is 0 Å². The fourth-order valence-electron chi connectivity index (χ4n) is 2.27. The van der Waals surface area contributed by atoms with Crippen LogP contribution >= 0.6 is 34.5 Å². The highest BCUT2D eigenvalue weighted by atomic mass is 35.5. The first-order valence-corrected chi connectivity index (χ1v) is 7.67. The number of nitrogens with zero attached hydrogens (tertiary/aromatic N) is 2. The lowest BCUT2D eigenvalue weighted by atomic mass is 10.1. The Morgan fingerprint density at radius 2 is 1.89 bits per heavy atom. The summed E-state index contributed by atoms with van der Waals surface area (Å²) in [6, 6.07) is 1.89. The number of halogens is 2. The predicted octanol–water partition coefficient (Wildman–Crippen LogP) is 4.78. The maximum atomic E-state index is 6.30. The van der Waals surface area contributed by atoms with Gasteiger partial charge in [0.2, 0.25) is 0 Å². The molecule has 2 aromatic rings. The van der Waals surface area contributed by atoms with Gasteiger partial charge in [-0.05, 0) is 31.7 Å². The van der Waals surface area contributed by atoms with Gasteiger partial charge in [0.1, 0.15) is 5.15 Å². The first-order chi connectivity index (χ1) is 8.74. The van der Waals surface area contributed by atoms with Crippen molar-refractivity contribution in [2.75, 3.05) is 0 Å². The molecule has 94 valence electrons. The van der Waals surface area contributed by atoms with Gasteiger partial charge >= 0.3 is 0 Å². The molecule has 0 spiro atoms. The van der Waals surface area contributed by atoms with Gasteiger partial charge in [-0.15, -0.1) is 11.3 Å². The molecule has 0 bridgehead atoms. The summed E-state index contributed by atoms with van der Waals surface area (Å²) in [5, 5.41) is 3.23. The van der Waals surface area contributed by atoms with Gasteiger partial charge in [0, 0.05) is 16.6 Å². The zero-order chi connectivity index (χ0) is 12.5. The monoisotopic (exact) mass is 298 g/mol. The van der Waals surface area contributed by atoms with Crippen LogP contribution in [0.4, 0.5) is 0 Å². The second kappa shape index (κ2) is 5.16. The second-order valence-corrected chi connectivity index (χ2v) is 6.16. The average Bonchev–Trinajstić information content (AvgIpc) is 2.63. The molecule has 0 saturated carbocycles. The number of aromatic nitrogens is 2. The Labute approximate surface area is 120 Å². The summed E-state index contributed by atoms with van der Waals surface area (Å²) < 4.78 is 0. The lowest BCUT2D eigenvalue weighted by Crippen LogP contribution is -2.01. The van der Waals surface area contributed by atoms with Gasteiger partial charge in [-0.1, -0.05) is 29.6 Å². The second-order valence-electron chi connectivity index (χ2n) is 4.45. The molecule has 0 unspecified atom stereocenters. The van der Waals surface area contributed by atoms with E-state index >= 15 is 0 Å². The fraction of sp³-hybridized carbons (Fsp3) is 0.385. The molecule has 2 aromatic heterocycles. The molecule has 3 rings (SSSR count). The van der Waals surface area contributed by atoms with Crippen LogP contribution in [0.2, 0.25) is 10.2 Å². The van der Waals surface area contributed by atoms with Crippen LogP contribution in [0.5, 0.6) is 0 Å². The number of rotatable bonds is 1. The van der Waals surface area contributed by atoms with E-state index in [2.05, 4.69) is 9.97 Å². The lowest BCUT2D eigenvalue weighted by molar-refractivity contribution is 0.709. The van der Waals surface area contributed by atoms with Crippen LogP contribution in [0.15, 0.2) is 11.4 Å². The van der Waals surface area contributed by atoms with Crippen molar-refractivity contribution in [1.82, 2.24) is 9.97 Å². The molecule has 2 nitrogen and oxygen atoms in total. The molecule has 18 heavy (non-hydrogen) atoms. The van der Waals surface area contributed by atoms with Crippen molar-refractivity contribution in [2.24, 2.45) is 0 Å². The van der Waals surface area contributed by atoms with Gasteiger partial charge in [0.15, 0.2) is 5.82 Å². The molecule has 0 amide bonds. The van der Waals surface area contributed by atoms with E-state index in [1.165, 1.54) is 19.3 Å². The van der Waals surface area contributed by atoms with Gasteiger partial charge in [-0.3, -0.25) is 0 Å². The molecular weight excluding hydrogens is 287 g/mol. The van der Waals surface area contributed by atoms with Crippen LogP contribution in [-0.2, 0) is 12.8 Å². The Bertz CT molecular complexity index is 580. The van der Waals surface area contributed by atoms with E-state index in [4.69, 9.17) is 23.2 Å². The number of aryl methyl sites for hydroxylation is 1. The van der Waals surface area contributed by atoms with Crippen molar-refractivity contribution in [3.8, 4) is 10.7 Å². The van der Waals surface area contributed by atoms with Crippen molar-refractivity contribution >= 4 is 34.5 Å². The zero-order valence-electron chi connectivity index (χ0n) is 9.75. The van der Waals surface area contributed by atoms with Crippen molar-refractivity contribution < 1.29 is 0 Å². The smallest absolute Gasteiger partial charge is 0.171 e. The van der Waals surface area contributed by atoms with Crippen LogP contribution in [0.1, 0.15) is 30.5 Å². The highest BCUT2D eigenvalue weighted by Crippen LogP contribution is 2.31. The molecule has 1 aliphatic carbocycles. The van der Waals surface area contributed by atoms with E-state index < -0.39 is 0 Å². The molecule has 0 aliphatic heterocycles. The van der Waals surface area contributed by atoms with E-state index in [1.807, 2.05) is 11.4 Å². The third-order valence-electron chi connectivity index (χ3n) is 3.17. The molecule has 0 aromatic carbocycles. The van der Waals surface area contributed by atoms with Crippen molar-refractivity contribution in [2.45, 2.75) is 32.1 Å². The maximum Gasteiger partial charge on any atom is 0.171 e. The fourth-order valence-corrected chi connectivity index (χ4v) is 3.56. The lowest BCUT2D eigenvalue weighted by Gasteiger charge is -2.08. The minimum Gasteiger partial charge on any atom is -0.232 e. The van der Waals surface area contributed by atoms with E-state index in [1.54, 1.807) is 11.3 Å². The highest BCUT2D eigenvalue weighted by Gasteiger charge is 2.16. The van der Waals surface area contributed by atoms with Crippen molar-refractivity contribution in [3.05, 3.63) is 32.9 Å². The summed E-state index contributed by atoms with van der Waals surface area (Å²) in [6.07, 6.45) is 5.61. The maximum absolute atomic E-state index is 6.30. The largest absolute Gasteiger partial charge is 0.232 e. The molecule has 0 saturated heterocycles. The Balaban J connectivity index is 2.07. The van der Waals surface area contributed by atoms with Crippen molar-refractivity contribution in [3.63, 3.8) is 0 Å². The van der Waals surface area contributed by atoms with E-state index in [9.17, 15) is 0 Å². The van der Waals surface area contributed by atoms with E-state index in [0.717, 1.165) is 34.0 Å². The molecule has 2 heterocycles. The Hall–Kier alpha value is -0.640. The van der Waals surface area contributed by atoms with Crippen molar-refractivity contribution in [1.29, 1.82) is 0 Å². The molecule has 0 N–H and O–H groups in total. The van der Waals surface area contributed by atoms with Gasteiger partial charge in [-0.25, -0.2) is 9.97 Å². The van der Waals surface area contributed by atoms with Crippen LogP contribution in [0, 0.1) is 0 Å². The number of thiophene rings is 1. The Morgan fingerprint density at radius 3 is 2.67 bits per heavy atom. The third-order valence-corrected chi connectivity index (χ3v) is 4.76. The number of fused-ring (bicyclic) bond motifs is 1. The Kier molecular flexibility index (Phi) is 3.55. The van der Waals surface area contributed by atoms with Crippen LogP contribution in [0.3, 0.4) is 0 Å². The first kappa shape index (κ1) is 12.4. The van der Waals surface area contributed by atoms with Crippen LogP contribution in [0.25, 0.3) is 10.7 Å². The minimum absolute atomic E-state index is 0.612. The molecule has 0 fully saturated rings. The standard InChI is InChI=1S/C13H12Cl2N2S/c14-8-6-11(18-7-8)13-16-10-5-3-1-2-4-9(10)12(15)17-13/h6-7H,1-5H2. The summed E-state index contributed by atoms with van der Waals surface area (Å²) in [5.74, 6) is 0.706. The molecule has 5 heteroatoms. The average molecular weight is 299 g/mol. The van der Waals surface area contributed by atoms with Crippen LogP contribution in [-0.4, -0.2) is 9.97 Å². The molecule has 1 aliphatic rings. The predicted molar refractivity (Wildman–Crippen MR) is 76.6 cm³/mol. The summed E-state index contributed by atoms with van der Waals surface area (Å²) in [6.45, 7) is 0. The normalized spacial score (nSPS) is 15.2. The molecular formula is C13H12Cl2N2S. The van der Waals surface area contributed by atoms with E-state index in [0.29, 0.717) is 11.0 Å². The molecule has 0 radical (unpaired) electrons. The summed E-state index contributed by atoms with van der Waals surface area (Å²) >= 11 is 13.8.